The van der Waals surface area contributed by atoms with Crippen LogP contribution in [0.2, 0.25) is 0 Å². The summed E-state index contributed by atoms with van der Waals surface area (Å²) in [6.45, 7) is 6.15. The van der Waals surface area contributed by atoms with Gasteiger partial charge in [-0.05, 0) is 29.7 Å². The highest BCUT2D eigenvalue weighted by Gasteiger charge is 2.39. The van der Waals surface area contributed by atoms with Gasteiger partial charge in [0.05, 0.1) is 24.1 Å². The van der Waals surface area contributed by atoms with E-state index >= 15 is 0 Å². The van der Waals surface area contributed by atoms with E-state index in [9.17, 15) is 9.00 Å². The number of rotatable bonds is 4. The summed E-state index contributed by atoms with van der Waals surface area (Å²) in [6.07, 6.45) is 2.86. The standard InChI is InChI=1S/C23H30N4O2S/c1-23(2)20-7-5-4-6-17(20)14-21(23)25-18-8-9-19(24-15-18)16-26(3)22(28)27-10-12-30(29)13-11-27/h4-9,15,21,25H,10-14,16H2,1-3H3. The largest absolute Gasteiger partial charge is 0.380 e. The van der Waals surface area contributed by atoms with E-state index in [1.165, 1.54) is 11.1 Å². The fraction of sp³-hybridized carbons (Fsp3) is 0.478. The molecule has 2 heterocycles. The quantitative estimate of drug-likeness (QED) is 0.816. The third-order valence-electron chi connectivity index (χ3n) is 6.35. The van der Waals surface area contributed by atoms with Gasteiger partial charge in [0.2, 0.25) is 0 Å². The van der Waals surface area contributed by atoms with E-state index in [0.717, 1.165) is 17.8 Å². The van der Waals surface area contributed by atoms with Crippen LogP contribution < -0.4 is 5.32 Å². The smallest absolute Gasteiger partial charge is 0.320 e. The van der Waals surface area contributed by atoms with Crippen molar-refractivity contribution in [3.05, 3.63) is 59.4 Å². The number of urea groups is 1. The Hall–Kier alpha value is -2.41. The molecule has 6 nitrogen and oxygen atoms in total. The van der Waals surface area contributed by atoms with Gasteiger partial charge >= 0.3 is 6.03 Å². The number of hydrogen-bond donors (Lipinski definition) is 1. The predicted molar refractivity (Wildman–Crippen MR) is 121 cm³/mol. The van der Waals surface area contributed by atoms with Gasteiger partial charge in [-0.25, -0.2) is 4.79 Å². The van der Waals surface area contributed by atoms with E-state index in [4.69, 9.17) is 0 Å². The average molecular weight is 427 g/mol. The molecular formula is C23H30N4O2S. The van der Waals surface area contributed by atoms with Crippen molar-refractivity contribution in [3.63, 3.8) is 0 Å². The van der Waals surface area contributed by atoms with Crippen LogP contribution in [0, 0.1) is 0 Å². The number of pyridine rings is 1. The van der Waals surface area contributed by atoms with Crippen LogP contribution in [0.4, 0.5) is 10.5 Å². The monoisotopic (exact) mass is 426 g/mol. The summed E-state index contributed by atoms with van der Waals surface area (Å²) >= 11 is 0. The lowest BCUT2D eigenvalue weighted by Crippen LogP contribution is -2.47. The summed E-state index contributed by atoms with van der Waals surface area (Å²) in [6, 6.07) is 13.0. The van der Waals surface area contributed by atoms with Gasteiger partial charge in [-0.3, -0.25) is 9.19 Å². The minimum Gasteiger partial charge on any atom is -0.380 e. The van der Waals surface area contributed by atoms with Gasteiger partial charge in [0, 0.05) is 53.9 Å². The van der Waals surface area contributed by atoms with Gasteiger partial charge in [-0.2, -0.15) is 0 Å². The zero-order chi connectivity index (χ0) is 21.3. The molecule has 1 aromatic heterocycles. The Morgan fingerprint density at radius 3 is 2.63 bits per heavy atom. The summed E-state index contributed by atoms with van der Waals surface area (Å²) in [5.74, 6) is 1.14. The number of carbonyl (C=O) groups is 1. The Morgan fingerprint density at radius 2 is 1.97 bits per heavy atom. The molecule has 7 heteroatoms. The summed E-state index contributed by atoms with van der Waals surface area (Å²) in [5, 5.41) is 3.66. The molecule has 1 aromatic carbocycles. The Bertz CT molecular complexity index is 934. The minimum absolute atomic E-state index is 0.0267. The number of fused-ring (bicyclic) bond motifs is 1. The first-order valence-corrected chi connectivity index (χ1v) is 12.0. The second kappa shape index (κ2) is 8.38. The fourth-order valence-electron chi connectivity index (χ4n) is 4.41. The molecule has 0 bridgehead atoms. The second-order valence-corrected chi connectivity index (χ2v) is 10.5. The zero-order valence-electron chi connectivity index (χ0n) is 17.9. The van der Waals surface area contributed by atoms with Crippen molar-refractivity contribution in [1.29, 1.82) is 0 Å². The van der Waals surface area contributed by atoms with Crippen molar-refractivity contribution in [2.45, 2.75) is 38.3 Å². The van der Waals surface area contributed by atoms with E-state index in [1.54, 1.807) is 16.8 Å². The van der Waals surface area contributed by atoms with E-state index < -0.39 is 10.8 Å². The van der Waals surface area contributed by atoms with Crippen LogP contribution in [0.25, 0.3) is 0 Å². The van der Waals surface area contributed by atoms with Crippen LogP contribution in [0.1, 0.15) is 30.7 Å². The molecule has 160 valence electrons. The van der Waals surface area contributed by atoms with E-state index in [-0.39, 0.29) is 11.4 Å². The first kappa shape index (κ1) is 20.8. The molecule has 1 aliphatic carbocycles. The molecule has 0 spiro atoms. The molecule has 1 saturated heterocycles. The van der Waals surface area contributed by atoms with Gasteiger partial charge in [-0.15, -0.1) is 0 Å². The molecule has 2 amide bonds. The summed E-state index contributed by atoms with van der Waals surface area (Å²) in [7, 11) is 1.01. The number of hydrogen-bond acceptors (Lipinski definition) is 4. The first-order valence-electron chi connectivity index (χ1n) is 10.5. The molecule has 1 unspecified atom stereocenters. The minimum atomic E-state index is -0.784. The van der Waals surface area contributed by atoms with Gasteiger partial charge in [-0.1, -0.05) is 38.1 Å². The summed E-state index contributed by atoms with van der Waals surface area (Å²) in [5.41, 5.74) is 4.73. The molecule has 2 aliphatic rings. The van der Waals surface area contributed by atoms with Crippen LogP contribution in [0.3, 0.4) is 0 Å². The third kappa shape index (κ3) is 4.21. The van der Waals surface area contributed by atoms with Crippen LogP contribution >= 0.6 is 0 Å². The second-order valence-electron chi connectivity index (χ2n) is 8.79. The van der Waals surface area contributed by atoms with Crippen molar-refractivity contribution in [2.24, 2.45) is 0 Å². The maximum absolute atomic E-state index is 12.6. The zero-order valence-corrected chi connectivity index (χ0v) is 18.7. The summed E-state index contributed by atoms with van der Waals surface area (Å²) in [4.78, 5) is 20.6. The number of nitrogens with zero attached hydrogens (tertiary/aromatic N) is 3. The van der Waals surface area contributed by atoms with Crippen LogP contribution in [-0.4, -0.2) is 62.7 Å². The van der Waals surface area contributed by atoms with Crippen molar-refractivity contribution in [2.75, 3.05) is 37.0 Å². The lowest BCUT2D eigenvalue weighted by Gasteiger charge is -2.31. The molecule has 1 atom stereocenters. The highest BCUT2D eigenvalue weighted by molar-refractivity contribution is 7.85. The van der Waals surface area contributed by atoms with E-state index in [0.29, 0.717) is 37.2 Å². The fourth-order valence-corrected chi connectivity index (χ4v) is 5.46. The maximum Gasteiger partial charge on any atom is 0.320 e. The molecule has 1 fully saturated rings. The van der Waals surface area contributed by atoms with Gasteiger partial charge in [0.1, 0.15) is 0 Å². The topological polar surface area (TPSA) is 65.5 Å². The molecular weight excluding hydrogens is 396 g/mol. The van der Waals surface area contributed by atoms with Crippen LogP contribution in [-0.2, 0) is 29.2 Å². The third-order valence-corrected chi connectivity index (χ3v) is 7.62. The molecule has 0 saturated carbocycles. The van der Waals surface area contributed by atoms with Crippen molar-refractivity contribution in [1.82, 2.24) is 14.8 Å². The lowest BCUT2D eigenvalue weighted by molar-refractivity contribution is 0.164. The molecule has 1 N–H and O–H groups in total. The van der Waals surface area contributed by atoms with Crippen LogP contribution in [0.15, 0.2) is 42.6 Å². The molecule has 30 heavy (non-hydrogen) atoms. The number of carbonyl (C=O) groups excluding carboxylic acids is 1. The van der Waals surface area contributed by atoms with Gasteiger partial charge < -0.3 is 15.1 Å². The molecule has 0 radical (unpaired) electrons. The number of benzene rings is 1. The Labute approximate surface area is 181 Å². The predicted octanol–water partition coefficient (Wildman–Crippen LogP) is 3.01. The van der Waals surface area contributed by atoms with Crippen molar-refractivity contribution in [3.8, 4) is 0 Å². The number of nitrogens with one attached hydrogen (secondary N) is 1. The SMILES string of the molecule is CN(Cc1ccc(NC2Cc3ccccc3C2(C)C)cn1)C(=O)N1CCS(=O)CC1. The van der Waals surface area contributed by atoms with Crippen molar-refractivity contribution < 1.29 is 9.00 Å². The number of amides is 2. The Balaban J connectivity index is 1.35. The average Bonchev–Trinajstić information content (AvgIpc) is 2.99. The van der Waals surface area contributed by atoms with E-state index in [1.807, 2.05) is 18.3 Å². The normalized spacial score (nSPS) is 20.6. The molecule has 1 aliphatic heterocycles. The molecule has 2 aromatic rings. The number of anilines is 1. The van der Waals surface area contributed by atoms with Crippen molar-refractivity contribution >= 4 is 22.5 Å². The van der Waals surface area contributed by atoms with Crippen LogP contribution in [0.5, 0.6) is 0 Å². The number of aromatic nitrogens is 1. The lowest BCUT2D eigenvalue weighted by atomic mass is 9.83. The van der Waals surface area contributed by atoms with Gasteiger partial charge in [0.25, 0.3) is 0 Å². The van der Waals surface area contributed by atoms with E-state index in [2.05, 4.69) is 48.4 Å². The molecule has 4 rings (SSSR count). The van der Waals surface area contributed by atoms with Gasteiger partial charge in [0.15, 0.2) is 0 Å². The highest BCUT2D eigenvalue weighted by Crippen LogP contribution is 2.39. The highest BCUT2D eigenvalue weighted by atomic mass is 32.2. The Morgan fingerprint density at radius 1 is 1.23 bits per heavy atom. The maximum atomic E-state index is 12.6. The summed E-state index contributed by atoms with van der Waals surface area (Å²) < 4.78 is 11.5. The Kier molecular flexibility index (Phi) is 5.82. The first-order chi connectivity index (χ1) is 14.3.